The van der Waals surface area contributed by atoms with Crippen LogP contribution in [0.3, 0.4) is 0 Å². The third-order valence-electron chi connectivity index (χ3n) is 2.58. The molecule has 0 aliphatic carbocycles. The monoisotopic (exact) mass is 251 g/mol. The first kappa shape index (κ1) is 15.0. The SMILES string of the molecule is CC(=O)C(C)C(CN(C)S(C)(=O)=O)C(=O)O. The number of sulfonamides is 1. The van der Waals surface area contributed by atoms with Crippen molar-refractivity contribution in [2.24, 2.45) is 11.8 Å². The van der Waals surface area contributed by atoms with Crippen molar-refractivity contribution >= 4 is 21.8 Å². The zero-order valence-corrected chi connectivity index (χ0v) is 10.6. The Morgan fingerprint density at radius 3 is 2.06 bits per heavy atom. The Bertz CT molecular complexity index is 375. The third-order valence-corrected chi connectivity index (χ3v) is 3.86. The van der Waals surface area contributed by atoms with Gasteiger partial charge in [0, 0.05) is 19.5 Å². The Morgan fingerprint density at radius 1 is 1.38 bits per heavy atom. The molecule has 0 heterocycles. The number of aliphatic carboxylic acids is 1. The number of carbonyl (C=O) groups excluding carboxylic acids is 1. The van der Waals surface area contributed by atoms with Crippen LogP contribution >= 0.6 is 0 Å². The Balaban J connectivity index is 4.85. The van der Waals surface area contributed by atoms with Crippen LogP contribution in [0.1, 0.15) is 13.8 Å². The van der Waals surface area contributed by atoms with Crippen LogP contribution in [0.5, 0.6) is 0 Å². The number of carboxylic acids is 1. The van der Waals surface area contributed by atoms with E-state index in [2.05, 4.69) is 0 Å². The van der Waals surface area contributed by atoms with Crippen molar-refractivity contribution in [3.05, 3.63) is 0 Å². The van der Waals surface area contributed by atoms with Gasteiger partial charge >= 0.3 is 5.97 Å². The lowest BCUT2D eigenvalue weighted by Crippen LogP contribution is -2.39. The van der Waals surface area contributed by atoms with E-state index in [1.54, 1.807) is 0 Å². The average Bonchev–Trinajstić information content (AvgIpc) is 2.10. The highest BCUT2D eigenvalue weighted by molar-refractivity contribution is 7.88. The summed E-state index contributed by atoms with van der Waals surface area (Å²) in [5.41, 5.74) is 0. The molecule has 7 heteroatoms. The molecule has 0 amide bonds. The van der Waals surface area contributed by atoms with E-state index in [4.69, 9.17) is 5.11 Å². The molecule has 0 saturated carbocycles. The molecule has 16 heavy (non-hydrogen) atoms. The Kier molecular flexibility index (Phi) is 5.08. The van der Waals surface area contributed by atoms with Gasteiger partial charge in [0.05, 0.1) is 12.2 Å². The van der Waals surface area contributed by atoms with Crippen LogP contribution in [0.15, 0.2) is 0 Å². The maximum Gasteiger partial charge on any atom is 0.308 e. The van der Waals surface area contributed by atoms with Gasteiger partial charge in [-0.15, -0.1) is 0 Å². The molecule has 0 aromatic heterocycles. The summed E-state index contributed by atoms with van der Waals surface area (Å²) >= 11 is 0. The minimum Gasteiger partial charge on any atom is -0.481 e. The average molecular weight is 251 g/mol. The Labute approximate surface area is 95.3 Å². The molecule has 94 valence electrons. The highest BCUT2D eigenvalue weighted by atomic mass is 32.2. The fourth-order valence-corrected chi connectivity index (χ4v) is 1.58. The van der Waals surface area contributed by atoms with Gasteiger partial charge in [-0.05, 0) is 6.92 Å². The minimum absolute atomic E-state index is 0.199. The number of rotatable bonds is 6. The maximum absolute atomic E-state index is 11.1. The van der Waals surface area contributed by atoms with Gasteiger partial charge in [0.2, 0.25) is 10.0 Å². The molecular weight excluding hydrogens is 234 g/mol. The van der Waals surface area contributed by atoms with Crippen LogP contribution in [-0.4, -0.2) is 49.4 Å². The predicted octanol–water partition coefficient (Wildman–Crippen LogP) is -0.196. The van der Waals surface area contributed by atoms with Gasteiger partial charge in [0.15, 0.2) is 0 Å². The fourth-order valence-electron chi connectivity index (χ4n) is 1.15. The molecule has 6 nitrogen and oxygen atoms in total. The van der Waals surface area contributed by atoms with Crippen molar-refractivity contribution in [2.75, 3.05) is 19.8 Å². The molecule has 0 spiro atoms. The molecule has 0 aromatic carbocycles. The van der Waals surface area contributed by atoms with E-state index in [0.29, 0.717) is 0 Å². The molecule has 0 aliphatic heterocycles. The number of Topliss-reactive ketones (excluding diaryl/α,β-unsaturated/α-hetero) is 1. The van der Waals surface area contributed by atoms with E-state index in [1.807, 2.05) is 0 Å². The number of hydrogen-bond acceptors (Lipinski definition) is 4. The standard InChI is InChI=1S/C9H17NO5S/c1-6(7(2)11)8(9(12)13)5-10(3)16(4,14)15/h6,8H,5H2,1-4H3,(H,12,13). The lowest BCUT2D eigenvalue weighted by Gasteiger charge is -2.22. The molecule has 2 unspecified atom stereocenters. The number of nitrogens with zero attached hydrogens (tertiary/aromatic N) is 1. The number of hydrogen-bond donors (Lipinski definition) is 1. The van der Waals surface area contributed by atoms with Gasteiger partial charge in [0.1, 0.15) is 5.78 Å². The maximum atomic E-state index is 11.1. The summed E-state index contributed by atoms with van der Waals surface area (Å²) in [6.45, 7) is 2.58. The topological polar surface area (TPSA) is 91.8 Å². The first-order chi connectivity index (χ1) is 7.07. The van der Waals surface area contributed by atoms with Crippen LogP contribution in [0, 0.1) is 11.8 Å². The van der Waals surface area contributed by atoms with E-state index in [0.717, 1.165) is 10.6 Å². The van der Waals surface area contributed by atoms with Crippen LogP contribution in [0.25, 0.3) is 0 Å². The predicted molar refractivity (Wildman–Crippen MR) is 58.4 cm³/mol. The van der Waals surface area contributed by atoms with Gasteiger partial charge in [-0.3, -0.25) is 9.59 Å². The van der Waals surface area contributed by atoms with Gasteiger partial charge in [-0.25, -0.2) is 12.7 Å². The molecule has 0 saturated heterocycles. The molecule has 0 aliphatic rings. The molecule has 0 aromatic rings. The number of carboxylic acid groups (broad SMARTS) is 1. The quantitative estimate of drug-likeness (QED) is 0.706. The highest BCUT2D eigenvalue weighted by Gasteiger charge is 2.30. The van der Waals surface area contributed by atoms with Crippen molar-refractivity contribution in [2.45, 2.75) is 13.8 Å². The Morgan fingerprint density at radius 2 is 1.81 bits per heavy atom. The summed E-state index contributed by atoms with van der Waals surface area (Å²) in [5, 5.41) is 8.93. The summed E-state index contributed by atoms with van der Waals surface area (Å²) in [4.78, 5) is 22.0. The molecule has 1 N–H and O–H groups in total. The van der Waals surface area contributed by atoms with Crippen LogP contribution in [-0.2, 0) is 19.6 Å². The lowest BCUT2D eigenvalue weighted by atomic mass is 9.91. The van der Waals surface area contributed by atoms with Gasteiger partial charge < -0.3 is 5.11 Å². The van der Waals surface area contributed by atoms with Crippen molar-refractivity contribution in [3.8, 4) is 0 Å². The summed E-state index contributed by atoms with van der Waals surface area (Å²) in [6.07, 6.45) is 0.990. The largest absolute Gasteiger partial charge is 0.481 e. The van der Waals surface area contributed by atoms with Crippen LogP contribution in [0.4, 0.5) is 0 Å². The first-order valence-corrected chi connectivity index (χ1v) is 6.56. The van der Waals surface area contributed by atoms with E-state index < -0.39 is 27.8 Å². The van der Waals surface area contributed by atoms with Gasteiger partial charge in [-0.2, -0.15) is 0 Å². The van der Waals surface area contributed by atoms with Crippen molar-refractivity contribution in [3.63, 3.8) is 0 Å². The smallest absolute Gasteiger partial charge is 0.308 e. The molecule has 0 bridgehead atoms. The fraction of sp³-hybridized carbons (Fsp3) is 0.778. The zero-order valence-electron chi connectivity index (χ0n) is 9.80. The zero-order chi connectivity index (χ0) is 13.1. The normalized spacial score (nSPS) is 15.8. The van der Waals surface area contributed by atoms with E-state index >= 15 is 0 Å². The summed E-state index contributed by atoms with van der Waals surface area (Å²) in [7, 11) is -2.14. The summed E-state index contributed by atoms with van der Waals surface area (Å²) < 4.78 is 23.2. The number of ketones is 1. The second-order valence-electron chi connectivity index (χ2n) is 3.89. The van der Waals surface area contributed by atoms with Crippen LogP contribution in [0.2, 0.25) is 0 Å². The third kappa shape index (κ3) is 4.28. The minimum atomic E-state index is -3.43. The first-order valence-electron chi connectivity index (χ1n) is 4.72. The Hall–Kier alpha value is -0.950. The van der Waals surface area contributed by atoms with Crippen molar-refractivity contribution < 1.29 is 23.1 Å². The van der Waals surface area contributed by atoms with E-state index in [9.17, 15) is 18.0 Å². The van der Waals surface area contributed by atoms with Crippen LogP contribution < -0.4 is 0 Å². The summed E-state index contributed by atoms with van der Waals surface area (Å²) in [6, 6.07) is 0. The molecule has 0 fully saturated rings. The summed E-state index contributed by atoms with van der Waals surface area (Å²) in [5.74, 6) is -3.16. The van der Waals surface area contributed by atoms with E-state index in [1.165, 1.54) is 20.9 Å². The molecule has 2 atom stereocenters. The van der Waals surface area contributed by atoms with Crippen molar-refractivity contribution in [1.82, 2.24) is 4.31 Å². The number of carbonyl (C=O) groups is 2. The van der Waals surface area contributed by atoms with Gasteiger partial charge in [0.25, 0.3) is 0 Å². The molecule has 0 radical (unpaired) electrons. The second kappa shape index (κ2) is 5.40. The second-order valence-corrected chi connectivity index (χ2v) is 5.98. The lowest BCUT2D eigenvalue weighted by molar-refractivity contribution is -0.146. The molecular formula is C9H17NO5S. The molecule has 0 rings (SSSR count). The van der Waals surface area contributed by atoms with Gasteiger partial charge in [-0.1, -0.05) is 6.92 Å². The highest BCUT2D eigenvalue weighted by Crippen LogP contribution is 2.15. The van der Waals surface area contributed by atoms with Crippen molar-refractivity contribution in [1.29, 1.82) is 0 Å². The van der Waals surface area contributed by atoms with E-state index in [-0.39, 0.29) is 12.3 Å².